The molecule has 1 rings (SSSR count). The first kappa shape index (κ1) is 30.3. The summed E-state index contributed by atoms with van der Waals surface area (Å²) >= 11 is 0. The smallest absolute Gasteiger partial charge is 0.408 e. The van der Waals surface area contributed by atoms with Gasteiger partial charge in [-0.15, -0.1) is 0 Å². The molecule has 8 heteroatoms. The number of ether oxygens (including phenoxy) is 1. The Hall–Kier alpha value is -2.77. The zero-order valence-electron chi connectivity index (χ0n) is 23.3. The number of hydrogen-bond donors (Lipinski definition) is 3. The minimum Gasteiger partial charge on any atom is -0.508 e. The highest BCUT2D eigenvalue weighted by Crippen LogP contribution is 2.32. The van der Waals surface area contributed by atoms with Crippen molar-refractivity contribution in [2.75, 3.05) is 0 Å². The number of rotatable bonds is 7. The summed E-state index contributed by atoms with van der Waals surface area (Å²) in [5, 5.41) is 15.8. The van der Waals surface area contributed by atoms with E-state index in [-0.39, 0.29) is 17.6 Å². The first-order chi connectivity index (χ1) is 15.7. The van der Waals surface area contributed by atoms with Crippen molar-refractivity contribution < 1.29 is 24.2 Å². The normalized spacial score (nSPS) is 14.2. The number of benzene rings is 1. The predicted octanol–water partition coefficient (Wildman–Crippen LogP) is 4.91. The summed E-state index contributed by atoms with van der Waals surface area (Å²) in [5.74, 6) is -0.715. The number of carbonyl (C=O) groups is 3. The van der Waals surface area contributed by atoms with E-state index in [1.165, 1.54) is 17.0 Å². The van der Waals surface area contributed by atoms with Crippen molar-refractivity contribution >= 4 is 17.9 Å². The molecular weight excluding hydrogens is 446 g/mol. The average Bonchev–Trinajstić information content (AvgIpc) is 2.60. The average molecular weight is 492 g/mol. The van der Waals surface area contributed by atoms with Crippen LogP contribution in [0, 0.1) is 5.92 Å². The van der Waals surface area contributed by atoms with Gasteiger partial charge in [0, 0.05) is 11.1 Å². The van der Waals surface area contributed by atoms with Gasteiger partial charge in [-0.3, -0.25) is 9.59 Å². The fraction of sp³-hybridized carbons (Fsp3) is 0.667. The zero-order chi connectivity index (χ0) is 27.4. The summed E-state index contributed by atoms with van der Waals surface area (Å²) in [6.07, 6.45) is -0.336. The van der Waals surface area contributed by atoms with Gasteiger partial charge < -0.3 is 25.4 Å². The molecule has 3 amide bonds. The first-order valence-corrected chi connectivity index (χ1v) is 12.1. The van der Waals surface area contributed by atoms with Crippen molar-refractivity contribution in [1.29, 1.82) is 0 Å². The predicted molar refractivity (Wildman–Crippen MR) is 138 cm³/mol. The standard InChI is InChI=1S/C27H45N3O5/c1-17(2)15-20(28-24(34)35-27(9,10)11)23(33)30(26(6,7)8)21(22(32)29-25(3,4)5)18-13-12-14-19(31)16-18/h12-14,16-17,20-21,31H,15H2,1-11H3,(H,28,34)(H,29,32). The van der Waals surface area contributed by atoms with E-state index in [1.54, 1.807) is 32.9 Å². The van der Waals surface area contributed by atoms with Crippen LogP contribution in [0.5, 0.6) is 5.75 Å². The molecule has 0 spiro atoms. The number of phenols is 1. The SMILES string of the molecule is CC(C)CC(NC(=O)OC(C)(C)C)C(=O)N(C(C(=O)NC(C)(C)C)c1cccc(O)c1)C(C)(C)C. The Morgan fingerprint density at radius 1 is 1.00 bits per heavy atom. The van der Waals surface area contributed by atoms with Gasteiger partial charge >= 0.3 is 6.09 Å². The van der Waals surface area contributed by atoms with Gasteiger partial charge in [0.1, 0.15) is 23.4 Å². The van der Waals surface area contributed by atoms with Gasteiger partial charge in [-0.2, -0.15) is 0 Å². The summed E-state index contributed by atoms with van der Waals surface area (Å²) < 4.78 is 5.41. The number of nitrogens with one attached hydrogen (secondary N) is 2. The Morgan fingerprint density at radius 2 is 1.57 bits per heavy atom. The number of alkyl carbamates (subject to hydrolysis) is 1. The Balaban J connectivity index is 3.60. The van der Waals surface area contributed by atoms with Gasteiger partial charge in [-0.1, -0.05) is 26.0 Å². The molecular formula is C27H45N3O5. The molecule has 3 N–H and O–H groups in total. The number of amides is 3. The Bertz CT molecular complexity index is 891. The molecule has 2 unspecified atom stereocenters. The van der Waals surface area contributed by atoms with Gasteiger partial charge in [-0.25, -0.2) is 4.79 Å². The van der Waals surface area contributed by atoms with Gasteiger partial charge in [0.25, 0.3) is 0 Å². The lowest BCUT2D eigenvalue weighted by molar-refractivity contribution is -0.149. The van der Waals surface area contributed by atoms with Gasteiger partial charge in [-0.05, 0) is 92.3 Å². The monoisotopic (exact) mass is 491 g/mol. The quantitative estimate of drug-likeness (QED) is 0.502. The highest BCUT2D eigenvalue weighted by Gasteiger charge is 2.42. The van der Waals surface area contributed by atoms with E-state index in [4.69, 9.17) is 4.74 Å². The Kier molecular flexibility index (Phi) is 9.78. The molecule has 0 bridgehead atoms. The van der Waals surface area contributed by atoms with Crippen molar-refractivity contribution in [2.24, 2.45) is 5.92 Å². The molecule has 0 fully saturated rings. The minimum absolute atomic E-state index is 0.0111. The van der Waals surface area contributed by atoms with Crippen LogP contribution in [0.3, 0.4) is 0 Å². The minimum atomic E-state index is -1.04. The topological polar surface area (TPSA) is 108 Å². The second-order valence-electron chi connectivity index (χ2n) is 12.4. The number of hydrogen-bond acceptors (Lipinski definition) is 5. The molecule has 0 aromatic heterocycles. The summed E-state index contributed by atoms with van der Waals surface area (Å²) in [6.45, 7) is 20.3. The summed E-state index contributed by atoms with van der Waals surface area (Å²) in [5.41, 5.74) is -1.61. The molecule has 1 aromatic carbocycles. The van der Waals surface area contributed by atoms with E-state index < -0.39 is 40.8 Å². The van der Waals surface area contributed by atoms with Crippen LogP contribution in [0.4, 0.5) is 4.79 Å². The lowest BCUT2D eigenvalue weighted by atomic mass is 9.93. The van der Waals surface area contributed by atoms with Crippen LogP contribution in [0.15, 0.2) is 24.3 Å². The number of carbonyl (C=O) groups excluding carboxylic acids is 3. The Morgan fingerprint density at radius 3 is 2.00 bits per heavy atom. The van der Waals surface area contributed by atoms with Crippen LogP contribution in [0.1, 0.15) is 94.2 Å². The van der Waals surface area contributed by atoms with Crippen LogP contribution in [0.25, 0.3) is 0 Å². The maximum absolute atomic E-state index is 14.1. The molecule has 1 aromatic rings. The molecule has 0 aliphatic rings. The van der Waals surface area contributed by atoms with Crippen molar-refractivity contribution in [3.63, 3.8) is 0 Å². The van der Waals surface area contributed by atoms with E-state index in [9.17, 15) is 19.5 Å². The number of aromatic hydroxyl groups is 1. The largest absolute Gasteiger partial charge is 0.508 e. The fourth-order valence-electron chi connectivity index (χ4n) is 3.71. The third kappa shape index (κ3) is 10.2. The van der Waals surface area contributed by atoms with Crippen molar-refractivity contribution in [3.05, 3.63) is 29.8 Å². The molecule has 0 saturated heterocycles. The second kappa shape index (κ2) is 11.3. The lowest BCUT2D eigenvalue weighted by Crippen LogP contribution is -2.59. The Labute approximate surface area is 210 Å². The van der Waals surface area contributed by atoms with Crippen LogP contribution in [0.2, 0.25) is 0 Å². The molecule has 8 nitrogen and oxygen atoms in total. The maximum atomic E-state index is 14.1. The third-order valence-electron chi connectivity index (χ3n) is 4.85. The van der Waals surface area contributed by atoms with Gasteiger partial charge in [0.05, 0.1) is 0 Å². The van der Waals surface area contributed by atoms with E-state index in [0.717, 1.165) is 0 Å². The molecule has 2 atom stereocenters. The highest BCUT2D eigenvalue weighted by atomic mass is 16.6. The van der Waals surface area contributed by atoms with Crippen LogP contribution in [-0.4, -0.2) is 50.6 Å². The van der Waals surface area contributed by atoms with Crippen molar-refractivity contribution in [3.8, 4) is 5.75 Å². The molecule has 0 radical (unpaired) electrons. The van der Waals surface area contributed by atoms with Crippen LogP contribution in [-0.2, 0) is 14.3 Å². The van der Waals surface area contributed by atoms with Crippen molar-refractivity contribution in [1.82, 2.24) is 15.5 Å². The maximum Gasteiger partial charge on any atom is 0.408 e. The zero-order valence-corrected chi connectivity index (χ0v) is 23.3. The molecule has 198 valence electrons. The van der Waals surface area contributed by atoms with E-state index >= 15 is 0 Å². The molecule has 35 heavy (non-hydrogen) atoms. The van der Waals surface area contributed by atoms with Crippen molar-refractivity contribution in [2.45, 2.75) is 111 Å². The highest BCUT2D eigenvalue weighted by molar-refractivity contribution is 5.93. The number of nitrogens with zero attached hydrogens (tertiary/aromatic N) is 1. The molecule has 0 saturated carbocycles. The van der Waals surface area contributed by atoms with Crippen LogP contribution < -0.4 is 10.6 Å². The fourth-order valence-corrected chi connectivity index (χ4v) is 3.71. The van der Waals surface area contributed by atoms with E-state index in [1.807, 2.05) is 55.4 Å². The summed E-state index contributed by atoms with van der Waals surface area (Å²) in [7, 11) is 0. The van der Waals surface area contributed by atoms with Gasteiger partial charge in [0.15, 0.2) is 0 Å². The van der Waals surface area contributed by atoms with E-state index in [0.29, 0.717) is 12.0 Å². The first-order valence-electron chi connectivity index (χ1n) is 12.1. The van der Waals surface area contributed by atoms with Crippen LogP contribution >= 0.6 is 0 Å². The molecule has 0 aliphatic heterocycles. The lowest BCUT2D eigenvalue weighted by Gasteiger charge is -2.44. The van der Waals surface area contributed by atoms with E-state index in [2.05, 4.69) is 10.6 Å². The summed E-state index contributed by atoms with van der Waals surface area (Å²) in [6, 6.07) is 4.39. The molecule has 0 heterocycles. The number of phenolic OH excluding ortho intramolecular Hbond substituents is 1. The molecule has 0 aliphatic carbocycles. The third-order valence-corrected chi connectivity index (χ3v) is 4.85. The summed E-state index contributed by atoms with van der Waals surface area (Å²) in [4.78, 5) is 41.8. The van der Waals surface area contributed by atoms with Gasteiger partial charge in [0.2, 0.25) is 11.8 Å². The second-order valence-corrected chi connectivity index (χ2v) is 12.4.